The number of amides is 2. The molecule has 8 heteroatoms. The summed E-state index contributed by atoms with van der Waals surface area (Å²) in [5, 5.41) is 2.67. The molecule has 4 rings (SSSR count). The van der Waals surface area contributed by atoms with Crippen molar-refractivity contribution in [1.29, 1.82) is 0 Å². The monoisotopic (exact) mass is 487 g/mol. The van der Waals surface area contributed by atoms with Gasteiger partial charge in [0.2, 0.25) is 0 Å². The van der Waals surface area contributed by atoms with Crippen molar-refractivity contribution >= 4 is 46.9 Å². The Labute approximate surface area is 209 Å². The largest absolute Gasteiger partial charge is 0.465 e. The fraction of sp³-hybridized carbons (Fsp3) is 0.185. The van der Waals surface area contributed by atoms with Crippen molar-refractivity contribution < 1.29 is 19.1 Å². The second-order valence-corrected chi connectivity index (χ2v) is 8.57. The van der Waals surface area contributed by atoms with Crippen LogP contribution in [-0.4, -0.2) is 34.6 Å². The molecule has 0 unspecified atom stereocenters. The molecular formula is C27H25N3O4S. The molecule has 2 aromatic carbocycles. The normalized spacial score (nSPS) is 14.9. The molecule has 1 saturated heterocycles. The SMILES string of the molecule is CCc1ccc(N2C(=O)/C(=C\c3cc(C)n(-c4cccc(C(=O)OC)c4)c3C)C(=O)NC2=S)cc1. The average Bonchev–Trinajstić information content (AvgIpc) is 3.14. The lowest BCUT2D eigenvalue weighted by Crippen LogP contribution is -2.54. The highest BCUT2D eigenvalue weighted by Crippen LogP contribution is 2.27. The Morgan fingerprint density at radius 1 is 1.06 bits per heavy atom. The number of esters is 1. The van der Waals surface area contributed by atoms with Crippen LogP contribution in [0, 0.1) is 13.8 Å². The molecule has 3 aromatic rings. The molecule has 1 aliphatic heterocycles. The fourth-order valence-corrected chi connectivity index (χ4v) is 4.43. The van der Waals surface area contributed by atoms with Crippen LogP contribution in [0.25, 0.3) is 11.8 Å². The number of nitrogens with zero attached hydrogens (tertiary/aromatic N) is 2. The van der Waals surface area contributed by atoms with Crippen LogP contribution in [0.1, 0.15) is 39.8 Å². The molecule has 0 bridgehead atoms. The Balaban J connectivity index is 1.73. The molecule has 1 aliphatic rings. The van der Waals surface area contributed by atoms with Crippen LogP contribution in [0.4, 0.5) is 5.69 Å². The zero-order valence-corrected chi connectivity index (χ0v) is 20.7. The number of aryl methyl sites for hydroxylation is 2. The lowest BCUT2D eigenvalue weighted by molar-refractivity contribution is -0.122. The third-order valence-electron chi connectivity index (χ3n) is 6.00. The van der Waals surface area contributed by atoms with Crippen LogP contribution in [0.5, 0.6) is 0 Å². The second-order valence-electron chi connectivity index (χ2n) is 8.18. The maximum Gasteiger partial charge on any atom is 0.337 e. The first-order valence-corrected chi connectivity index (χ1v) is 11.5. The van der Waals surface area contributed by atoms with Gasteiger partial charge >= 0.3 is 5.97 Å². The van der Waals surface area contributed by atoms with Crippen molar-refractivity contribution in [2.24, 2.45) is 0 Å². The Kier molecular flexibility index (Phi) is 6.66. The number of carbonyl (C=O) groups is 3. The number of hydrogen-bond acceptors (Lipinski definition) is 5. The number of hydrogen-bond donors (Lipinski definition) is 1. The zero-order valence-electron chi connectivity index (χ0n) is 19.9. The predicted molar refractivity (Wildman–Crippen MR) is 139 cm³/mol. The number of benzene rings is 2. The number of ether oxygens (including phenoxy) is 1. The predicted octanol–water partition coefficient (Wildman–Crippen LogP) is 4.27. The summed E-state index contributed by atoms with van der Waals surface area (Å²) < 4.78 is 6.78. The summed E-state index contributed by atoms with van der Waals surface area (Å²) in [4.78, 5) is 39.4. The maximum absolute atomic E-state index is 13.4. The first-order chi connectivity index (χ1) is 16.7. The molecule has 0 aliphatic carbocycles. The van der Waals surface area contributed by atoms with Crippen molar-refractivity contribution in [3.63, 3.8) is 0 Å². The van der Waals surface area contributed by atoms with Gasteiger partial charge in [0.1, 0.15) is 5.57 Å². The molecule has 0 saturated carbocycles. The van der Waals surface area contributed by atoms with Gasteiger partial charge in [-0.15, -0.1) is 0 Å². The molecule has 2 amide bonds. The van der Waals surface area contributed by atoms with E-state index in [0.29, 0.717) is 16.8 Å². The third kappa shape index (κ3) is 4.52. The molecule has 35 heavy (non-hydrogen) atoms. The highest BCUT2D eigenvalue weighted by Gasteiger charge is 2.34. The lowest BCUT2D eigenvalue weighted by Gasteiger charge is -2.29. The Bertz CT molecular complexity index is 1390. The molecule has 1 aromatic heterocycles. The minimum absolute atomic E-state index is 0.0123. The van der Waals surface area contributed by atoms with Crippen LogP contribution < -0.4 is 10.2 Å². The standard InChI is InChI=1S/C27H25N3O4S/c1-5-18-9-11-21(12-10-18)30-25(32)23(24(31)28-27(30)35)15-20-13-16(2)29(17(20)3)22-8-6-7-19(14-22)26(33)34-4/h6-15H,5H2,1-4H3,(H,28,31,35)/b23-15-. The van der Waals surface area contributed by atoms with E-state index in [1.165, 1.54) is 12.0 Å². The van der Waals surface area contributed by atoms with Gasteiger partial charge in [0.15, 0.2) is 5.11 Å². The number of thiocarbonyl (C=S) groups is 1. The number of anilines is 1. The first-order valence-electron chi connectivity index (χ1n) is 11.1. The zero-order chi connectivity index (χ0) is 25.3. The van der Waals surface area contributed by atoms with Gasteiger partial charge in [-0.05, 0) is 86.1 Å². The minimum Gasteiger partial charge on any atom is -0.465 e. The second kappa shape index (κ2) is 9.68. The highest BCUT2D eigenvalue weighted by atomic mass is 32.1. The van der Waals surface area contributed by atoms with E-state index in [1.807, 2.05) is 54.8 Å². The average molecular weight is 488 g/mol. The fourth-order valence-electron chi connectivity index (χ4n) is 4.15. The van der Waals surface area contributed by atoms with E-state index in [-0.39, 0.29) is 10.7 Å². The molecule has 7 nitrogen and oxygen atoms in total. The molecule has 0 atom stereocenters. The number of aromatic nitrogens is 1. The van der Waals surface area contributed by atoms with Gasteiger partial charge in [0, 0.05) is 17.1 Å². The van der Waals surface area contributed by atoms with Crippen LogP contribution >= 0.6 is 12.2 Å². The summed E-state index contributed by atoms with van der Waals surface area (Å²) in [5.41, 5.74) is 5.30. The van der Waals surface area contributed by atoms with E-state index in [0.717, 1.165) is 29.1 Å². The summed E-state index contributed by atoms with van der Waals surface area (Å²) in [6.45, 7) is 5.86. The highest BCUT2D eigenvalue weighted by molar-refractivity contribution is 7.80. The van der Waals surface area contributed by atoms with Crippen LogP contribution in [0.15, 0.2) is 60.2 Å². The van der Waals surface area contributed by atoms with E-state index in [9.17, 15) is 14.4 Å². The van der Waals surface area contributed by atoms with E-state index in [4.69, 9.17) is 17.0 Å². The van der Waals surface area contributed by atoms with Crippen molar-refractivity contribution in [3.8, 4) is 5.69 Å². The Morgan fingerprint density at radius 3 is 2.43 bits per heavy atom. The van der Waals surface area contributed by atoms with Crippen molar-refractivity contribution in [2.45, 2.75) is 27.2 Å². The van der Waals surface area contributed by atoms with Gasteiger partial charge in [-0.1, -0.05) is 25.1 Å². The summed E-state index contributed by atoms with van der Waals surface area (Å²) in [5.74, 6) is -1.46. The van der Waals surface area contributed by atoms with Crippen LogP contribution in [0.2, 0.25) is 0 Å². The third-order valence-corrected chi connectivity index (χ3v) is 6.28. The minimum atomic E-state index is -0.543. The van der Waals surface area contributed by atoms with Gasteiger partial charge in [-0.25, -0.2) is 4.79 Å². The van der Waals surface area contributed by atoms with Crippen LogP contribution in [0.3, 0.4) is 0 Å². The number of methoxy groups -OCH3 is 1. The summed E-state index contributed by atoms with van der Waals surface area (Å²) in [6.07, 6.45) is 2.45. The Morgan fingerprint density at radius 2 is 1.77 bits per heavy atom. The molecule has 0 spiro atoms. The topological polar surface area (TPSA) is 80.6 Å². The molecule has 0 radical (unpaired) electrons. The van der Waals surface area contributed by atoms with E-state index in [2.05, 4.69) is 12.2 Å². The van der Waals surface area contributed by atoms with Gasteiger partial charge in [0.05, 0.1) is 18.4 Å². The number of nitrogens with one attached hydrogen (secondary N) is 1. The van der Waals surface area contributed by atoms with E-state index < -0.39 is 17.8 Å². The van der Waals surface area contributed by atoms with Crippen molar-refractivity contribution in [3.05, 3.63) is 88.2 Å². The molecular weight excluding hydrogens is 462 g/mol. The summed E-state index contributed by atoms with van der Waals surface area (Å²) in [7, 11) is 1.34. The number of rotatable bonds is 5. The maximum atomic E-state index is 13.4. The molecule has 1 fully saturated rings. The summed E-state index contributed by atoms with van der Waals surface area (Å²) >= 11 is 5.30. The van der Waals surface area contributed by atoms with Crippen molar-refractivity contribution in [2.75, 3.05) is 12.0 Å². The van der Waals surface area contributed by atoms with Crippen LogP contribution in [-0.2, 0) is 20.7 Å². The van der Waals surface area contributed by atoms with Gasteiger partial charge in [0.25, 0.3) is 11.8 Å². The Hall–Kier alpha value is -4.04. The van der Waals surface area contributed by atoms with Gasteiger partial charge in [-0.2, -0.15) is 0 Å². The van der Waals surface area contributed by atoms with E-state index >= 15 is 0 Å². The molecule has 2 heterocycles. The lowest BCUT2D eigenvalue weighted by atomic mass is 10.1. The van der Waals surface area contributed by atoms with Crippen molar-refractivity contribution in [1.82, 2.24) is 9.88 Å². The first kappa shape index (κ1) is 24.1. The van der Waals surface area contributed by atoms with Gasteiger partial charge < -0.3 is 9.30 Å². The summed E-state index contributed by atoms with van der Waals surface area (Å²) in [6, 6.07) is 16.5. The quantitative estimate of drug-likeness (QED) is 0.252. The molecule has 1 N–H and O–H groups in total. The van der Waals surface area contributed by atoms with E-state index in [1.54, 1.807) is 24.3 Å². The van der Waals surface area contributed by atoms with Gasteiger partial charge in [-0.3, -0.25) is 19.8 Å². The number of carbonyl (C=O) groups excluding carboxylic acids is 3. The molecule has 178 valence electrons. The smallest absolute Gasteiger partial charge is 0.337 e.